The van der Waals surface area contributed by atoms with Gasteiger partial charge < -0.3 is 5.11 Å². The normalized spacial score (nSPS) is 12.4. The molecule has 0 aromatic heterocycles. The van der Waals surface area contributed by atoms with Crippen LogP contribution in [0.2, 0.25) is 0 Å². The molecule has 1 aromatic carbocycles. The van der Waals surface area contributed by atoms with Crippen LogP contribution in [0.5, 0.6) is 0 Å². The lowest BCUT2D eigenvalue weighted by atomic mass is 10.1. The molecule has 0 saturated carbocycles. The predicted octanol–water partition coefficient (Wildman–Crippen LogP) is 3.77. The molecule has 0 heterocycles. The van der Waals surface area contributed by atoms with Crippen LogP contribution in [0.4, 0.5) is 0 Å². The number of benzene rings is 1. The molecule has 0 saturated heterocycles. The highest BCUT2D eigenvalue weighted by atomic mass is 32.2. The number of nitriles is 1. The van der Waals surface area contributed by atoms with E-state index in [-0.39, 0.29) is 6.42 Å². The molecule has 0 amide bonds. The smallest absolute Gasteiger partial charge is 0.0919 e. The number of rotatable bonds is 6. The Balaban J connectivity index is 2.48. The van der Waals surface area contributed by atoms with Gasteiger partial charge in [-0.3, -0.25) is 0 Å². The molecule has 1 N–H and O–H groups in total. The minimum absolute atomic E-state index is 0.153. The second-order valence-electron chi connectivity index (χ2n) is 4.48. The molecule has 0 aliphatic heterocycles. The van der Waals surface area contributed by atoms with E-state index in [2.05, 4.69) is 13.8 Å². The van der Waals surface area contributed by atoms with E-state index in [0.29, 0.717) is 0 Å². The van der Waals surface area contributed by atoms with Crippen molar-refractivity contribution < 1.29 is 5.11 Å². The van der Waals surface area contributed by atoms with E-state index in [1.54, 1.807) is 0 Å². The zero-order valence-corrected chi connectivity index (χ0v) is 11.2. The van der Waals surface area contributed by atoms with Gasteiger partial charge >= 0.3 is 0 Å². The number of nitrogens with zero attached hydrogens (tertiary/aromatic N) is 1. The van der Waals surface area contributed by atoms with E-state index >= 15 is 0 Å². The Kier molecular flexibility index (Phi) is 6.10. The second kappa shape index (κ2) is 7.37. The first-order chi connectivity index (χ1) is 8.13. The lowest BCUT2D eigenvalue weighted by molar-refractivity contribution is 0.183. The van der Waals surface area contributed by atoms with Gasteiger partial charge in [-0.1, -0.05) is 26.0 Å². The van der Waals surface area contributed by atoms with Crippen molar-refractivity contribution in [2.24, 2.45) is 5.92 Å². The first kappa shape index (κ1) is 14.1. The van der Waals surface area contributed by atoms with Crippen LogP contribution in [0.25, 0.3) is 0 Å². The Hall–Kier alpha value is -0.980. The van der Waals surface area contributed by atoms with Gasteiger partial charge in [-0.25, -0.2) is 0 Å². The Labute approximate surface area is 108 Å². The summed E-state index contributed by atoms with van der Waals surface area (Å²) in [6.45, 7) is 4.45. The quantitative estimate of drug-likeness (QED) is 0.780. The molecule has 1 aromatic rings. The fraction of sp³-hybridized carbons (Fsp3) is 0.500. The van der Waals surface area contributed by atoms with Gasteiger partial charge in [0.1, 0.15) is 0 Å². The molecule has 1 atom stereocenters. The van der Waals surface area contributed by atoms with E-state index in [1.807, 2.05) is 42.1 Å². The van der Waals surface area contributed by atoms with E-state index in [4.69, 9.17) is 5.26 Å². The summed E-state index contributed by atoms with van der Waals surface area (Å²) in [5, 5.41) is 18.1. The summed E-state index contributed by atoms with van der Waals surface area (Å²) in [5.74, 6) is 1.86. The van der Waals surface area contributed by atoms with Gasteiger partial charge in [-0.15, -0.1) is 11.8 Å². The van der Waals surface area contributed by atoms with Crippen molar-refractivity contribution in [3.63, 3.8) is 0 Å². The molecular formula is C14H19NOS. The number of hydrogen-bond donors (Lipinski definition) is 1. The molecule has 92 valence electrons. The number of aliphatic hydroxyl groups is 1. The molecule has 1 unspecified atom stereocenters. The van der Waals surface area contributed by atoms with Gasteiger partial charge in [0.2, 0.25) is 0 Å². The van der Waals surface area contributed by atoms with E-state index in [0.717, 1.165) is 17.2 Å². The van der Waals surface area contributed by atoms with Crippen LogP contribution in [-0.2, 0) is 0 Å². The van der Waals surface area contributed by atoms with Gasteiger partial charge in [-0.05, 0) is 35.8 Å². The van der Waals surface area contributed by atoms with Crippen LogP contribution >= 0.6 is 11.8 Å². The van der Waals surface area contributed by atoms with Crippen molar-refractivity contribution in [3.8, 4) is 6.07 Å². The molecule has 2 nitrogen and oxygen atoms in total. The monoisotopic (exact) mass is 249 g/mol. The molecule has 0 radical (unpaired) electrons. The summed E-state index contributed by atoms with van der Waals surface area (Å²) in [6, 6.07) is 9.81. The molecule has 17 heavy (non-hydrogen) atoms. The Bertz CT molecular complexity index is 367. The zero-order valence-electron chi connectivity index (χ0n) is 10.4. The third kappa shape index (κ3) is 5.25. The summed E-state index contributed by atoms with van der Waals surface area (Å²) >= 11 is 1.84. The van der Waals surface area contributed by atoms with Crippen molar-refractivity contribution in [2.45, 2.75) is 37.7 Å². The van der Waals surface area contributed by atoms with Crippen molar-refractivity contribution >= 4 is 11.8 Å². The highest BCUT2D eigenvalue weighted by Crippen LogP contribution is 2.23. The Morgan fingerprint density at radius 1 is 1.29 bits per heavy atom. The standard InChI is InChI=1S/C14H19NOS/c1-11(2)8-10-17-13-5-3-12(4-6-13)14(16)7-9-15/h3-6,11,14,16H,7-8,10H2,1-2H3. The summed E-state index contributed by atoms with van der Waals surface area (Å²) in [6.07, 6.45) is 0.707. The minimum atomic E-state index is -0.658. The van der Waals surface area contributed by atoms with E-state index in [1.165, 1.54) is 11.3 Å². The third-order valence-electron chi connectivity index (χ3n) is 2.51. The number of thioether (sulfide) groups is 1. The van der Waals surface area contributed by atoms with E-state index in [9.17, 15) is 5.11 Å². The molecule has 3 heteroatoms. The van der Waals surface area contributed by atoms with Crippen molar-refractivity contribution in [3.05, 3.63) is 29.8 Å². The maximum absolute atomic E-state index is 9.63. The fourth-order valence-corrected chi connectivity index (χ4v) is 2.56. The minimum Gasteiger partial charge on any atom is -0.387 e. The summed E-state index contributed by atoms with van der Waals surface area (Å²) in [7, 11) is 0. The number of aliphatic hydroxyl groups excluding tert-OH is 1. The number of hydrogen-bond acceptors (Lipinski definition) is 3. The summed E-state index contributed by atoms with van der Waals surface area (Å²) < 4.78 is 0. The Morgan fingerprint density at radius 3 is 2.47 bits per heavy atom. The van der Waals surface area contributed by atoms with Crippen LogP contribution in [0.1, 0.15) is 38.4 Å². The van der Waals surface area contributed by atoms with Crippen LogP contribution in [-0.4, -0.2) is 10.9 Å². The van der Waals surface area contributed by atoms with Crippen molar-refractivity contribution in [1.82, 2.24) is 0 Å². The maximum Gasteiger partial charge on any atom is 0.0919 e. The van der Waals surface area contributed by atoms with Gasteiger partial charge in [-0.2, -0.15) is 5.26 Å². The van der Waals surface area contributed by atoms with Gasteiger partial charge in [0.15, 0.2) is 0 Å². The van der Waals surface area contributed by atoms with Gasteiger partial charge in [0.05, 0.1) is 18.6 Å². The van der Waals surface area contributed by atoms with Crippen LogP contribution in [0.3, 0.4) is 0 Å². The molecule has 0 spiro atoms. The summed E-state index contributed by atoms with van der Waals surface area (Å²) in [5.41, 5.74) is 0.819. The maximum atomic E-state index is 9.63. The lowest BCUT2D eigenvalue weighted by Gasteiger charge is -2.08. The van der Waals surface area contributed by atoms with Gasteiger partial charge in [0, 0.05) is 4.90 Å². The topological polar surface area (TPSA) is 44.0 Å². The molecule has 0 aliphatic rings. The predicted molar refractivity (Wildman–Crippen MR) is 71.8 cm³/mol. The molecular weight excluding hydrogens is 230 g/mol. The SMILES string of the molecule is CC(C)CCSc1ccc(C(O)CC#N)cc1. The Morgan fingerprint density at radius 2 is 1.94 bits per heavy atom. The van der Waals surface area contributed by atoms with Crippen molar-refractivity contribution in [2.75, 3.05) is 5.75 Å². The average Bonchev–Trinajstić information content (AvgIpc) is 2.30. The zero-order chi connectivity index (χ0) is 12.7. The fourth-order valence-electron chi connectivity index (χ4n) is 1.40. The highest BCUT2D eigenvalue weighted by molar-refractivity contribution is 7.99. The largest absolute Gasteiger partial charge is 0.387 e. The molecule has 0 bridgehead atoms. The van der Waals surface area contributed by atoms with Gasteiger partial charge in [0.25, 0.3) is 0 Å². The van der Waals surface area contributed by atoms with E-state index < -0.39 is 6.10 Å². The first-order valence-corrected chi connectivity index (χ1v) is 6.89. The second-order valence-corrected chi connectivity index (χ2v) is 5.65. The van der Waals surface area contributed by atoms with Crippen LogP contribution in [0.15, 0.2) is 29.2 Å². The van der Waals surface area contributed by atoms with Crippen LogP contribution in [0, 0.1) is 17.2 Å². The molecule has 1 rings (SSSR count). The van der Waals surface area contributed by atoms with Crippen LogP contribution < -0.4 is 0 Å². The lowest BCUT2D eigenvalue weighted by Crippen LogP contribution is -1.95. The highest BCUT2D eigenvalue weighted by Gasteiger charge is 2.06. The molecule has 0 aliphatic carbocycles. The summed E-state index contributed by atoms with van der Waals surface area (Å²) in [4.78, 5) is 1.22. The first-order valence-electron chi connectivity index (χ1n) is 5.91. The average molecular weight is 249 g/mol. The third-order valence-corrected chi connectivity index (χ3v) is 3.56. The van der Waals surface area contributed by atoms with Crippen molar-refractivity contribution in [1.29, 1.82) is 5.26 Å². The molecule has 0 fully saturated rings.